The Labute approximate surface area is 284 Å². The van der Waals surface area contributed by atoms with Crippen molar-refractivity contribution >= 4 is 32.3 Å². The minimum Gasteiger partial charge on any atom is -0.456 e. The third kappa shape index (κ3) is 4.61. The van der Waals surface area contributed by atoms with Gasteiger partial charge in [-0.1, -0.05) is 140 Å². The first-order valence-corrected chi connectivity index (χ1v) is 16.7. The molecular formula is C47H29NO. The van der Waals surface area contributed by atoms with Crippen LogP contribution in [0.1, 0.15) is 0 Å². The molecule has 10 rings (SSSR count). The van der Waals surface area contributed by atoms with Gasteiger partial charge in [-0.25, -0.2) is 4.98 Å². The third-order valence-corrected chi connectivity index (χ3v) is 9.84. The van der Waals surface area contributed by atoms with Crippen molar-refractivity contribution in [3.8, 4) is 67.4 Å². The molecule has 0 unspecified atom stereocenters. The van der Waals surface area contributed by atoms with Crippen LogP contribution in [0.4, 0.5) is 0 Å². The summed E-state index contributed by atoms with van der Waals surface area (Å²) in [7, 11) is 0. The number of pyridine rings is 1. The maximum Gasteiger partial charge on any atom is 0.135 e. The highest BCUT2D eigenvalue weighted by atomic mass is 16.5. The molecule has 0 fully saturated rings. The van der Waals surface area contributed by atoms with Crippen LogP contribution in [-0.2, 0) is 0 Å². The summed E-state index contributed by atoms with van der Waals surface area (Å²) in [5.74, 6) is 1.82. The van der Waals surface area contributed by atoms with Gasteiger partial charge in [0.25, 0.3) is 0 Å². The van der Waals surface area contributed by atoms with E-state index < -0.39 is 0 Å². The van der Waals surface area contributed by atoms with Crippen molar-refractivity contribution in [2.24, 2.45) is 0 Å². The molecule has 49 heavy (non-hydrogen) atoms. The molecule has 1 aromatic heterocycles. The Morgan fingerprint density at radius 3 is 1.73 bits per heavy atom. The Balaban J connectivity index is 1.07. The molecule has 0 N–H and O–H groups in total. The van der Waals surface area contributed by atoms with Crippen molar-refractivity contribution in [1.29, 1.82) is 0 Å². The smallest absolute Gasteiger partial charge is 0.135 e. The van der Waals surface area contributed by atoms with Gasteiger partial charge in [-0.15, -0.1) is 0 Å². The number of hydrogen-bond acceptors (Lipinski definition) is 2. The standard InChI is InChI=1S/C47H29NO/c1-3-10-30(11-4-1)36-28-43(31-12-5-2-6-13-31)48-44(29-36)35-21-23-38-33(27-35)19-18-32-26-34(20-22-37(32)38)39-24-25-46-47-41(39)15-9-16-42(47)40-14-7-8-17-45(40)49-46/h1-29H. The van der Waals surface area contributed by atoms with Crippen LogP contribution in [0.25, 0.3) is 88.2 Å². The quantitative estimate of drug-likeness (QED) is 0.182. The molecule has 0 saturated heterocycles. The number of hydrogen-bond donors (Lipinski definition) is 0. The van der Waals surface area contributed by atoms with Crippen molar-refractivity contribution in [1.82, 2.24) is 4.98 Å². The zero-order valence-electron chi connectivity index (χ0n) is 26.6. The predicted octanol–water partition coefficient (Wildman–Crippen LogP) is 13.0. The first kappa shape index (κ1) is 27.6. The highest BCUT2D eigenvalue weighted by Crippen LogP contribution is 2.48. The lowest BCUT2D eigenvalue weighted by Gasteiger charge is -2.22. The number of rotatable bonds is 4. The van der Waals surface area contributed by atoms with Gasteiger partial charge in [0, 0.05) is 22.1 Å². The van der Waals surface area contributed by atoms with E-state index in [-0.39, 0.29) is 0 Å². The molecule has 0 saturated carbocycles. The molecule has 2 nitrogen and oxygen atoms in total. The van der Waals surface area contributed by atoms with Gasteiger partial charge in [0.2, 0.25) is 0 Å². The van der Waals surface area contributed by atoms with Gasteiger partial charge in [0.1, 0.15) is 11.5 Å². The van der Waals surface area contributed by atoms with E-state index in [1.54, 1.807) is 0 Å². The van der Waals surface area contributed by atoms with E-state index in [1.807, 2.05) is 18.2 Å². The van der Waals surface area contributed by atoms with E-state index in [1.165, 1.54) is 54.6 Å². The lowest BCUT2D eigenvalue weighted by molar-refractivity contribution is 0.487. The van der Waals surface area contributed by atoms with Gasteiger partial charge < -0.3 is 4.74 Å². The van der Waals surface area contributed by atoms with Crippen molar-refractivity contribution in [3.05, 3.63) is 176 Å². The molecule has 0 radical (unpaired) electrons. The van der Waals surface area contributed by atoms with Gasteiger partial charge in [-0.3, -0.25) is 0 Å². The van der Waals surface area contributed by atoms with E-state index in [2.05, 4.69) is 158 Å². The van der Waals surface area contributed by atoms with Gasteiger partial charge in [-0.2, -0.15) is 0 Å². The van der Waals surface area contributed by atoms with Crippen LogP contribution in [0.2, 0.25) is 0 Å². The maximum absolute atomic E-state index is 6.35. The molecule has 8 aromatic carbocycles. The molecular weight excluding hydrogens is 595 g/mol. The summed E-state index contributed by atoms with van der Waals surface area (Å²) >= 11 is 0. The van der Waals surface area contributed by atoms with E-state index in [4.69, 9.17) is 9.72 Å². The van der Waals surface area contributed by atoms with E-state index >= 15 is 0 Å². The largest absolute Gasteiger partial charge is 0.456 e. The van der Waals surface area contributed by atoms with Crippen LogP contribution < -0.4 is 4.74 Å². The molecule has 1 aliphatic heterocycles. The van der Waals surface area contributed by atoms with Gasteiger partial charge >= 0.3 is 0 Å². The summed E-state index contributed by atoms with van der Waals surface area (Å²) < 4.78 is 6.35. The molecule has 1 aliphatic rings. The maximum atomic E-state index is 6.35. The number of nitrogens with zero attached hydrogens (tertiary/aromatic N) is 1. The fourth-order valence-electron chi connectivity index (χ4n) is 7.46. The average Bonchev–Trinajstić information content (AvgIpc) is 3.18. The predicted molar refractivity (Wildman–Crippen MR) is 204 cm³/mol. The van der Waals surface area contributed by atoms with Crippen LogP contribution >= 0.6 is 0 Å². The molecule has 0 spiro atoms. The summed E-state index contributed by atoms with van der Waals surface area (Å²) in [6.07, 6.45) is 0. The van der Waals surface area contributed by atoms with E-state index in [0.29, 0.717) is 0 Å². The normalized spacial score (nSPS) is 11.8. The van der Waals surface area contributed by atoms with E-state index in [9.17, 15) is 0 Å². The Bertz CT molecular complexity index is 2670. The van der Waals surface area contributed by atoms with Gasteiger partial charge in [0.15, 0.2) is 0 Å². The molecule has 228 valence electrons. The van der Waals surface area contributed by atoms with Gasteiger partial charge in [-0.05, 0) is 91.1 Å². The fourth-order valence-corrected chi connectivity index (χ4v) is 7.46. The zero-order chi connectivity index (χ0) is 32.3. The summed E-state index contributed by atoms with van der Waals surface area (Å²) in [4.78, 5) is 5.16. The first-order valence-electron chi connectivity index (χ1n) is 16.7. The Hall–Kier alpha value is -6.51. The van der Waals surface area contributed by atoms with Crippen molar-refractivity contribution < 1.29 is 4.74 Å². The van der Waals surface area contributed by atoms with Crippen LogP contribution in [0.15, 0.2) is 176 Å². The van der Waals surface area contributed by atoms with Crippen molar-refractivity contribution in [3.63, 3.8) is 0 Å². The molecule has 0 atom stereocenters. The second kappa shape index (κ2) is 11.0. The number of aromatic nitrogens is 1. The van der Waals surface area contributed by atoms with Crippen molar-refractivity contribution in [2.75, 3.05) is 0 Å². The Kier molecular flexibility index (Phi) is 6.22. The summed E-state index contributed by atoms with van der Waals surface area (Å²) in [6.45, 7) is 0. The van der Waals surface area contributed by atoms with E-state index in [0.717, 1.165) is 45.1 Å². The molecule has 2 heterocycles. The molecule has 9 aromatic rings. The summed E-state index contributed by atoms with van der Waals surface area (Å²) in [5.41, 5.74) is 11.2. The number of para-hydroxylation sites is 1. The average molecular weight is 624 g/mol. The summed E-state index contributed by atoms with van der Waals surface area (Å²) in [5, 5.41) is 7.26. The third-order valence-electron chi connectivity index (χ3n) is 9.84. The molecule has 0 aliphatic carbocycles. The first-order chi connectivity index (χ1) is 24.3. The lowest BCUT2D eigenvalue weighted by atomic mass is 9.89. The molecule has 0 bridgehead atoms. The monoisotopic (exact) mass is 623 g/mol. The van der Waals surface area contributed by atoms with Crippen LogP contribution in [0.3, 0.4) is 0 Å². The number of ether oxygens (including phenoxy) is 1. The van der Waals surface area contributed by atoms with Crippen LogP contribution in [0.5, 0.6) is 11.5 Å². The Morgan fingerprint density at radius 2 is 0.959 bits per heavy atom. The fraction of sp³-hybridized carbons (Fsp3) is 0. The second-order valence-electron chi connectivity index (χ2n) is 12.7. The molecule has 2 heteroatoms. The lowest BCUT2D eigenvalue weighted by Crippen LogP contribution is -1.97. The van der Waals surface area contributed by atoms with Crippen molar-refractivity contribution in [2.45, 2.75) is 0 Å². The number of fused-ring (bicyclic) bond motifs is 5. The Morgan fingerprint density at radius 1 is 0.327 bits per heavy atom. The SMILES string of the molecule is c1ccc(-c2cc(-c3ccccc3)nc(-c3ccc4c(ccc5cc(-c6ccc7c8c(cccc68)-c6ccccc6O7)ccc54)c3)c2)cc1. The van der Waals surface area contributed by atoms with Crippen LogP contribution in [-0.4, -0.2) is 4.98 Å². The minimum atomic E-state index is 0.910. The second-order valence-corrected chi connectivity index (χ2v) is 12.7. The van der Waals surface area contributed by atoms with Gasteiger partial charge in [0.05, 0.1) is 11.4 Å². The van der Waals surface area contributed by atoms with Crippen LogP contribution in [0, 0.1) is 0 Å². The highest BCUT2D eigenvalue weighted by Gasteiger charge is 2.21. The zero-order valence-corrected chi connectivity index (χ0v) is 26.6. The minimum absolute atomic E-state index is 0.910. The number of benzene rings is 8. The molecule has 0 amide bonds. The topological polar surface area (TPSA) is 22.1 Å². The summed E-state index contributed by atoms with van der Waals surface area (Å²) in [6, 6.07) is 62.6. The highest BCUT2D eigenvalue weighted by molar-refractivity contribution is 6.12.